The Balaban J connectivity index is 1.42. The van der Waals surface area contributed by atoms with Gasteiger partial charge in [-0.2, -0.15) is 5.26 Å². The van der Waals surface area contributed by atoms with Crippen LogP contribution in [0.15, 0.2) is 90.3 Å². The summed E-state index contributed by atoms with van der Waals surface area (Å²) < 4.78 is 28.8. The number of nitriles is 1. The quantitative estimate of drug-likeness (QED) is 0.139. The molecule has 4 aromatic carbocycles. The largest absolute Gasteiger partial charge is 0.493 e. The van der Waals surface area contributed by atoms with Crippen LogP contribution in [0, 0.1) is 11.3 Å². The number of methoxy groups -OCH3 is 1. The van der Waals surface area contributed by atoms with Crippen LogP contribution >= 0.6 is 23.2 Å². The van der Waals surface area contributed by atoms with E-state index in [0.29, 0.717) is 50.8 Å². The molecule has 1 heterocycles. The molecule has 0 spiro atoms. The lowest BCUT2D eigenvalue weighted by atomic mass is 9.83. The number of ether oxygens (including phenoxy) is 5. The lowest BCUT2D eigenvalue weighted by Crippen LogP contribution is -2.21. The number of fused-ring (bicyclic) bond motifs is 1. The van der Waals surface area contributed by atoms with Crippen LogP contribution in [0.25, 0.3) is 0 Å². The Bertz CT molecular complexity index is 1780. The second-order valence-corrected chi connectivity index (χ2v) is 10.6. The minimum atomic E-state index is -0.578. The van der Waals surface area contributed by atoms with Crippen LogP contribution in [0.5, 0.6) is 28.7 Å². The standard InChI is InChI=1S/C34H28Cl2N2O6/c1-3-14-41-28-7-5-4-6-25(28)34(39)43-23-11-12-24-30(17-23)44-33(38)26(18-37)32(24)20-9-13-29(31(15-20)40-2)42-19-21-8-10-22(35)16-27(21)36/h4-13,15-17,32H,3,14,19,38H2,1-2H3. The van der Waals surface area contributed by atoms with Crippen molar-refractivity contribution in [2.24, 2.45) is 5.73 Å². The summed E-state index contributed by atoms with van der Waals surface area (Å²) in [6, 6.07) is 24.6. The third-order valence-corrected chi connectivity index (χ3v) is 7.48. The second-order valence-electron chi connectivity index (χ2n) is 9.79. The van der Waals surface area contributed by atoms with Gasteiger partial charge in [0.1, 0.15) is 41.1 Å². The zero-order chi connectivity index (χ0) is 31.2. The van der Waals surface area contributed by atoms with Gasteiger partial charge < -0.3 is 29.4 Å². The van der Waals surface area contributed by atoms with Crippen LogP contribution in [0.1, 0.15) is 46.3 Å². The fraction of sp³-hybridized carbons (Fsp3) is 0.176. The van der Waals surface area contributed by atoms with E-state index in [9.17, 15) is 10.1 Å². The molecule has 0 saturated carbocycles. The first-order valence-electron chi connectivity index (χ1n) is 13.7. The topological polar surface area (TPSA) is 113 Å². The van der Waals surface area contributed by atoms with Crippen molar-refractivity contribution in [3.8, 4) is 34.8 Å². The Kier molecular flexibility index (Phi) is 9.49. The van der Waals surface area contributed by atoms with Gasteiger partial charge in [-0.25, -0.2) is 4.79 Å². The van der Waals surface area contributed by atoms with E-state index in [0.717, 1.165) is 17.5 Å². The van der Waals surface area contributed by atoms with Crippen LogP contribution < -0.4 is 29.4 Å². The normalized spacial score (nSPS) is 13.8. The summed E-state index contributed by atoms with van der Waals surface area (Å²) >= 11 is 12.3. The Morgan fingerprint density at radius 3 is 2.55 bits per heavy atom. The number of rotatable bonds is 10. The molecular formula is C34H28Cl2N2O6. The molecule has 1 aliphatic rings. The fourth-order valence-electron chi connectivity index (χ4n) is 4.75. The van der Waals surface area contributed by atoms with Gasteiger partial charge in [-0.3, -0.25) is 0 Å². The number of carbonyl (C=O) groups is 1. The van der Waals surface area contributed by atoms with Crippen molar-refractivity contribution in [2.75, 3.05) is 13.7 Å². The van der Waals surface area contributed by atoms with E-state index in [1.54, 1.807) is 72.8 Å². The molecule has 4 aromatic rings. The number of carbonyl (C=O) groups excluding carboxylic acids is 1. The van der Waals surface area contributed by atoms with Crippen LogP contribution in [0.4, 0.5) is 0 Å². The van der Waals surface area contributed by atoms with Crippen LogP contribution in [-0.2, 0) is 6.61 Å². The minimum Gasteiger partial charge on any atom is -0.493 e. The van der Waals surface area contributed by atoms with Gasteiger partial charge in [0.05, 0.1) is 19.6 Å². The number of hydrogen-bond acceptors (Lipinski definition) is 8. The second kappa shape index (κ2) is 13.6. The molecule has 8 nitrogen and oxygen atoms in total. The molecule has 0 fully saturated rings. The number of para-hydroxylation sites is 1. The molecule has 224 valence electrons. The van der Waals surface area contributed by atoms with E-state index in [1.807, 2.05) is 13.0 Å². The van der Waals surface area contributed by atoms with Crippen molar-refractivity contribution in [3.05, 3.63) is 123 Å². The van der Waals surface area contributed by atoms with Gasteiger partial charge in [-0.15, -0.1) is 0 Å². The molecule has 0 bridgehead atoms. The summed E-state index contributed by atoms with van der Waals surface area (Å²) in [6.45, 7) is 2.65. The summed E-state index contributed by atoms with van der Waals surface area (Å²) in [5.41, 5.74) is 8.88. The Morgan fingerprint density at radius 2 is 1.80 bits per heavy atom. The Hall–Kier alpha value is -4.84. The number of nitrogens with zero attached hydrogens (tertiary/aromatic N) is 1. The van der Waals surface area contributed by atoms with Crippen LogP contribution in [-0.4, -0.2) is 19.7 Å². The van der Waals surface area contributed by atoms with Gasteiger partial charge >= 0.3 is 5.97 Å². The molecule has 10 heteroatoms. The van der Waals surface area contributed by atoms with Gasteiger partial charge in [0, 0.05) is 27.2 Å². The highest BCUT2D eigenvalue weighted by molar-refractivity contribution is 6.35. The smallest absolute Gasteiger partial charge is 0.347 e. The van der Waals surface area contributed by atoms with E-state index in [2.05, 4.69) is 6.07 Å². The monoisotopic (exact) mass is 630 g/mol. The van der Waals surface area contributed by atoms with E-state index in [-0.39, 0.29) is 23.8 Å². The van der Waals surface area contributed by atoms with Crippen molar-refractivity contribution >= 4 is 29.2 Å². The maximum atomic E-state index is 13.0. The zero-order valence-electron chi connectivity index (χ0n) is 23.9. The average molecular weight is 632 g/mol. The first kappa shape index (κ1) is 30.6. The van der Waals surface area contributed by atoms with Crippen molar-refractivity contribution in [1.82, 2.24) is 0 Å². The summed E-state index contributed by atoms with van der Waals surface area (Å²) in [5.74, 6) is 0.759. The molecule has 0 aromatic heterocycles. The third kappa shape index (κ3) is 6.55. The van der Waals surface area contributed by atoms with Gasteiger partial charge in [0.25, 0.3) is 0 Å². The highest BCUT2D eigenvalue weighted by atomic mass is 35.5. The van der Waals surface area contributed by atoms with Gasteiger partial charge in [-0.05, 0) is 54.4 Å². The van der Waals surface area contributed by atoms with Gasteiger partial charge in [0.2, 0.25) is 5.88 Å². The maximum Gasteiger partial charge on any atom is 0.347 e. The maximum absolute atomic E-state index is 13.0. The van der Waals surface area contributed by atoms with Crippen molar-refractivity contribution in [2.45, 2.75) is 25.9 Å². The number of benzene rings is 4. The van der Waals surface area contributed by atoms with E-state index in [4.69, 9.17) is 52.6 Å². The van der Waals surface area contributed by atoms with Crippen molar-refractivity contribution in [1.29, 1.82) is 5.26 Å². The summed E-state index contributed by atoms with van der Waals surface area (Å²) in [5, 5.41) is 11.0. The molecule has 0 saturated heterocycles. The van der Waals surface area contributed by atoms with E-state index < -0.39 is 11.9 Å². The number of allylic oxidation sites excluding steroid dienone is 1. The molecule has 44 heavy (non-hydrogen) atoms. The lowest BCUT2D eigenvalue weighted by molar-refractivity contribution is 0.0730. The first-order valence-corrected chi connectivity index (χ1v) is 14.5. The predicted molar refractivity (Wildman–Crippen MR) is 167 cm³/mol. The number of nitrogens with two attached hydrogens (primary N) is 1. The van der Waals surface area contributed by atoms with Crippen molar-refractivity contribution in [3.63, 3.8) is 0 Å². The lowest BCUT2D eigenvalue weighted by Gasteiger charge is -2.27. The predicted octanol–water partition coefficient (Wildman–Crippen LogP) is 7.81. The number of halogens is 2. The average Bonchev–Trinajstić information content (AvgIpc) is 3.02. The minimum absolute atomic E-state index is 0.0524. The molecule has 0 radical (unpaired) electrons. The fourth-order valence-corrected chi connectivity index (χ4v) is 5.22. The van der Waals surface area contributed by atoms with Crippen LogP contribution in [0.3, 0.4) is 0 Å². The zero-order valence-corrected chi connectivity index (χ0v) is 25.4. The molecule has 5 rings (SSSR count). The highest BCUT2D eigenvalue weighted by Crippen LogP contribution is 2.45. The van der Waals surface area contributed by atoms with Crippen LogP contribution in [0.2, 0.25) is 10.0 Å². The summed E-state index contributed by atoms with van der Waals surface area (Å²) in [4.78, 5) is 13.0. The van der Waals surface area contributed by atoms with Gasteiger partial charge in [-0.1, -0.05) is 60.5 Å². The SMILES string of the molecule is CCCOc1ccccc1C(=O)Oc1ccc2c(c1)OC(N)=C(C#N)C2c1ccc(OCc2ccc(Cl)cc2Cl)c(OC)c1. The number of hydrogen-bond donors (Lipinski definition) is 1. The molecule has 0 amide bonds. The Labute approximate surface area is 265 Å². The molecular weight excluding hydrogens is 603 g/mol. The van der Waals surface area contributed by atoms with Crippen molar-refractivity contribution < 1.29 is 28.5 Å². The van der Waals surface area contributed by atoms with E-state index in [1.165, 1.54) is 7.11 Å². The van der Waals surface area contributed by atoms with Gasteiger partial charge in [0.15, 0.2) is 11.5 Å². The number of esters is 1. The molecule has 1 atom stereocenters. The highest BCUT2D eigenvalue weighted by Gasteiger charge is 2.32. The summed E-state index contributed by atoms with van der Waals surface area (Å²) in [7, 11) is 1.53. The first-order chi connectivity index (χ1) is 21.3. The molecule has 2 N–H and O–H groups in total. The molecule has 1 unspecified atom stereocenters. The molecule has 0 aliphatic carbocycles. The third-order valence-electron chi connectivity index (χ3n) is 6.89. The molecule has 1 aliphatic heterocycles. The Morgan fingerprint density at radius 1 is 0.977 bits per heavy atom. The summed E-state index contributed by atoms with van der Waals surface area (Å²) in [6.07, 6.45) is 0.798. The van der Waals surface area contributed by atoms with E-state index >= 15 is 0 Å².